The maximum Gasteiger partial charge on any atom is 0.174 e. The highest BCUT2D eigenvalue weighted by atomic mass is 35.5. The summed E-state index contributed by atoms with van der Waals surface area (Å²) in [4.78, 5) is 4.03. The van der Waals surface area contributed by atoms with Gasteiger partial charge in [-0.25, -0.2) is 4.68 Å². The molecule has 0 amide bonds. The van der Waals surface area contributed by atoms with Crippen molar-refractivity contribution < 1.29 is 0 Å². The zero-order valence-corrected chi connectivity index (χ0v) is 10.6. The van der Waals surface area contributed by atoms with Gasteiger partial charge in [-0.15, -0.1) is 19.0 Å². The van der Waals surface area contributed by atoms with Crippen molar-refractivity contribution in [2.45, 2.75) is 6.42 Å². The van der Waals surface area contributed by atoms with E-state index in [4.69, 9.17) is 17.3 Å². The van der Waals surface area contributed by atoms with Gasteiger partial charge in [0.05, 0.1) is 23.3 Å². The quantitative estimate of drug-likeness (QED) is 0.873. The number of halogens is 2. The van der Waals surface area contributed by atoms with Crippen molar-refractivity contribution in [3.8, 4) is 5.69 Å². The van der Waals surface area contributed by atoms with Crippen LogP contribution in [0.25, 0.3) is 5.69 Å². The number of anilines is 1. The number of nitrogens with two attached hydrogens (primary N) is 1. The second kappa shape index (κ2) is 5.70. The first-order valence-electron chi connectivity index (χ1n) is 4.78. The lowest BCUT2D eigenvalue weighted by Crippen LogP contribution is -2.03. The first kappa shape index (κ1) is 13.5. The monoisotopic (exact) mass is 270 g/mol. The molecule has 4 nitrogen and oxygen atoms in total. The molecule has 90 valence electrons. The van der Waals surface area contributed by atoms with Crippen LogP contribution < -0.4 is 5.73 Å². The van der Waals surface area contributed by atoms with E-state index in [1.807, 2.05) is 12.1 Å². The van der Waals surface area contributed by atoms with Crippen LogP contribution >= 0.6 is 24.0 Å². The van der Waals surface area contributed by atoms with Crippen molar-refractivity contribution in [1.29, 1.82) is 0 Å². The summed E-state index contributed by atoms with van der Waals surface area (Å²) in [5.74, 6) is 0. The molecule has 0 unspecified atom stereocenters. The summed E-state index contributed by atoms with van der Waals surface area (Å²) in [7, 11) is 0. The summed E-state index contributed by atoms with van der Waals surface area (Å²) >= 11 is 5.91. The molecule has 0 aliphatic rings. The lowest BCUT2D eigenvalue weighted by molar-refractivity contribution is 0.825. The number of pyridine rings is 1. The van der Waals surface area contributed by atoms with Gasteiger partial charge in [0.2, 0.25) is 0 Å². The minimum absolute atomic E-state index is 0. The van der Waals surface area contributed by atoms with Crippen molar-refractivity contribution in [1.82, 2.24) is 14.8 Å². The van der Waals surface area contributed by atoms with Crippen LogP contribution in [0.1, 0.15) is 5.69 Å². The molecular weight excluding hydrogens is 259 g/mol. The first-order chi connectivity index (χ1) is 7.74. The van der Waals surface area contributed by atoms with Crippen LogP contribution in [0.5, 0.6) is 0 Å². The van der Waals surface area contributed by atoms with Gasteiger partial charge in [0.15, 0.2) is 5.15 Å². The Hall–Kier alpha value is -1.52. The summed E-state index contributed by atoms with van der Waals surface area (Å²) < 4.78 is 1.69. The molecule has 0 spiro atoms. The number of nitrogen functional groups attached to an aromatic ring is 1. The second-order valence-electron chi connectivity index (χ2n) is 3.27. The summed E-state index contributed by atoms with van der Waals surface area (Å²) in [5.41, 5.74) is 7.99. The molecular formula is C11H12Cl2N4. The van der Waals surface area contributed by atoms with E-state index in [0.29, 0.717) is 17.3 Å². The molecule has 2 rings (SSSR count). The molecule has 0 aliphatic heterocycles. The fraction of sp³-hybridized carbons (Fsp3) is 0.0909. The molecule has 0 radical (unpaired) electrons. The third-order valence-corrected chi connectivity index (χ3v) is 2.48. The van der Waals surface area contributed by atoms with Crippen molar-refractivity contribution in [2.24, 2.45) is 0 Å². The molecule has 0 aliphatic carbocycles. The number of nitrogens with zero attached hydrogens (tertiary/aromatic N) is 3. The lowest BCUT2D eigenvalue weighted by atomic mass is 10.2. The van der Waals surface area contributed by atoms with Crippen LogP contribution in [0.4, 0.5) is 5.69 Å². The molecule has 0 saturated heterocycles. The molecule has 2 N–H and O–H groups in total. The zero-order valence-electron chi connectivity index (χ0n) is 9.01. The van der Waals surface area contributed by atoms with Gasteiger partial charge in [-0.1, -0.05) is 17.7 Å². The second-order valence-corrected chi connectivity index (χ2v) is 3.63. The average molecular weight is 271 g/mol. The van der Waals surface area contributed by atoms with Gasteiger partial charge in [0.1, 0.15) is 0 Å². The van der Waals surface area contributed by atoms with E-state index in [-0.39, 0.29) is 12.4 Å². The third-order valence-electron chi connectivity index (χ3n) is 2.20. The van der Waals surface area contributed by atoms with Gasteiger partial charge in [0.25, 0.3) is 0 Å². The van der Waals surface area contributed by atoms with E-state index in [1.165, 1.54) is 0 Å². The molecule has 6 heteroatoms. The van der Waals surface area contributed by atoms with Gasteiger partial charge >= 0.3 is 0 Å². The van der Waals surface area contributed by atoms with E-state index in [0.717, 1.165) is 11.4 Å². The Labute approximate surface area is 111 Å². The molecule has 2 aromatic heterocycles. The molecule has 2 heterocycles. The van der Waals surface area contributed by atoms with E-state index < -0.39 is 0 Å². The van der Waals surface area contributed by atoms with Crippen LogP contribution in [0, 0.1) is 0 Å². The maximum atomic E-state index is 5.91. The third kappa shape index (κ3) is 2.60. The lowest BCUT2D eigenvalue weighted by Gasteiger charge is -2.05. The Bertz CT molecular complexity index is 508. The van der Waals surface area contributed by atoms with Gasteiger partial charge in [-0.2, -0.15) is 5.10 Å². The number of hydrogen-bond donors (Lipinski definition) is 1. The van der Waals surface area contributed by atoms with Crippen molar-refractivity contribution in [3.63, 3.8) is 0 Å². The largest absolute Gasteiger partial charge is 0.395 e. The number of aromatic nitrogens is 3. The van der Waals surface area contributed by atoms with Crippen LogP contribution in [-0.4, -0.2) is 14.8 Å². The Morgan fingerprint density at radius 1 is 1.53 bits per heavy atom. The molecule has 0 atom stereocenters. The van der Waals surface area contributed by atoms with Crippen molar-refractivity contribution >= 4 is 29.7 Å². The number of rotatable bonds is 3. The fourth-order valence-electron chi connectivity index (χ4n) is 1.46. The minimum atomic E-state index is 0. The number of hydrogen-bond acceptors (Lipinski definition) is 3. The summed E-state index contributed by atoms with van der Waals surface area (Å²) in [5, 5.41) is 4.47. The molecule has 2 aromatic rings. The van der Waals surface area contributed by atoms with Gasteiger partial charge in [0, 0.05) is 12.6 Å². The van der Waals surface area contributed by atoms with E-state index in [9.17, 15) is 0 Å². The Balaban J connectivity index is 0.00000144. The summed E-state index contributed by atoms with van der Waals surface area (Å²) in [6, 6.07) is 3.72. The predicted molar refractivity (Wildman–Crippen MR) is 71.9 cm³/mol. The predicted octanol–water partition coefficient (Wildman–Crippen LogP) is 2.65. The van der Waals surface area contributed by atoms with E-state index >= 15 is 0 Å². The van der Waals surface area contributed by atoms with Gasteiger partial charge < -0.3 is 5.73 Å². The molecule has 0 saturated carbocycles. The topological polar surface area (TPSA) is 56.7 Å². The highest BCUT2D eigenvalue weighted by Crippen LogP contribution is 2.25. The SMILES string of the molecule is C=CCc1c(N)c(Cl)nn1-c1cccnc1.Cl. The fourth-order valence-corrected chi connectivity index (χ4v) is 1.65. The molecule has 17 heavy (non-hydrogen) atoms. The minimum Gasteiger partial charge on any atom is -0.395 e. The Morgan fingerprint density at radius 2 is 2.29 bits per heavy atom. The molecule has 0 fully saturated rings. The van der Waals surface area contributed by atoms with Crippen molar-refractivity contribution in [2.75, 3.05) is 5.73 Å². The van der Waals surface area contributed by atoms with Crippen LogP contribution in [0.3, 0.4) is 0 Å². The highest BCUT2D eigenvalue weighted by molar-refractivity contribution is 6.32. The average Bonchev–Trinajstić information content (AvgIpc) is 2.59. The Kier molecular flexibility index (Phi) is 4.54. The van der Waals surface area contributed by atoms with Crippen LogP contribution in [0.15, 0.2) is 37.2 Å². The van der Waals surface area contributed by atoms with Crippen molar-refractivity contribution in [3.05, 3.63) is 48.0 Å². The number of allylic oxidation sites excluding steroid dienone is 1. The summed E-state index contributed by atoms with van der Waals surface area (Å²) in [6.07, 6.45) is 5.78. The zero-order chi connectivity index (χ0) is 11.5. The summed E-state index contributed by atoms with van der Waals surface area (Å²) in [6.45, 7) is 3.69. The van der Waals surface area contributed by atoms with Crippen LogP contribution in [0.2, 0.25) is 5.15 Å². The highest BCUT2D eigenvalue weighted by Gasteiger charge is 2.13. The van der Waals surface area contributed by atoms with E-state index in [2.05, 4.69) is 16.7 Å². The Morgan fingerprint density at radius 3 is 2.88 bits per heavy atom. The van der Waals surface area contributed by atoms with Gasteiger partial charge in [-0.3, -0.25) is 4.98 Å². The standard InChI is InChI=1S/C11H11ClN4.ClH/c1-2-4-9-10(13)11(12)15-16(9)8-5-3-6-14-7-8;/h2-3,5-7H,1,4,13H2;1H. The molecule has 0 aromatic carbocycles. The normalized spacial score (nSPS) is 9.71. The molecule has 0 bridgehead atoms. The smallest absolute Gasteiger partial charge is 0.174 e. The maximum absolute atomic E-state index is 5.91. The van der Waals surface area contributed by atoms with Gasteiger partial charge in [-0.05, 0) is 12.1 Å². The van der Waals surface area contributed by atoms with Crippen LogP contribution in [-0.2, 0) is 6.42 Å². The first-order valence-corrected chi connectivity index (χ1v) is 5.16. The van der Waals surface area contributed by atoms with E-state index in [1.54, 1.807) is 23.2 Å².